The van der Waals surface area contributed by atoms with E-state index in [1.165, 1.54) is 0 Å². The molecule has 0 amide bonds. The summed E-state index contributed by atoms with van der Waals surface area (Å²) in [5.41, 5.74) is 2.10. The summed E-state index contributed by atoms with van der Waals surface area (Å²) in [6.45, 7) is 15.8. The van der Waals surface area contributed by atoms with Gasteiger partial charge in [0.15, 0.2) is 0 Å². The second kappa shape index (κ2) is 26.9. The van der Waals surface area contributed by atoms with Crippen molar-refractivity contribution < 1.29 is 71.2 Å². The van der Waals surface area contributed by atoms with Crippen LogP contribution in [0.4, 0.5) is 0 Å². The molecule has 0 fully saturated rings. The number of hydrogen-bond donors (Lipinski definition) is 4. The fourth-order valence-electron chi connectivity index (χ4n) is 1.87. The van der Waals surface area contributed by atoms with Crippen LogP contribution in [0.1, 0.15) is 13.8 Å². The van der Waals surface area contributed by atoms with Gasteiger partial charge in [0.1, 0.15) is 0 Å². The van der Waals surface area contributed by atoms with Crippen LogP contribution in [0, 0.1) is 0 Å². The molecule has 6 nitrogen and oxygen atoms in total. The average molecular weight is 537 g/mol. The minimum Gasteiger partial charge on any atom is -1.00 e. The second-order valence-corrected chi connectivity index (χ2v) is 5.36. The van der Waals surface area contributed by atoms with Gasteiger partial charge < -0.3 is 54.4 Å². The first-order valence-electron chi connectivity index (χ1n) is 7.58. The summed E-state index contributed by atoms with van der Waals surface area (Å²) in [6, 6.07) is 0. The van der Waals surface area contributed by atoms with E-state index in [-0.39, 0.29) is 77.2 Å². The molecule has 0 bridgehead atoms. The molecule has 9 heteroatoms. The van der Waals surface area contributed by atoms with Crippen LogP contribution in [-0.4, -0.2) is 95.9 Å². The predicted octanol–water partition coefficient (Wildman–Crippen LogP) is -6.30. The summed E-state index contributed by atoms with van der Waals surface area (Å²) in [4.78, 5) is 3.92. The Morgan fingerprint density at radius 1 is 0.640 bits per heavy atom. The van der Waals surface area contributed by atoms with Crippen LogP contribution in [0.3, 0.4) is 0 Å². The summed E-state index contributed by atoms with van der Waals surface area (Å²) in [5, 5.41) is 34.5. The maximum absolute atomic E-state index is 8.62. The molecule has 0 unspecified atom stereocenters. The molecule has 0 aromatic heterocycles. The standard InChI is InChI=1S/2C8H17NO2.2BrH.Co/c2*1-8(2)7-9(3-5-10)4-6-11;;;/h2*10-11H,1,3-7H2,2H3;2*1H;/q;;;;+2/p-2. The van der Waals surface area contributed by atoms with Crippen molar-refractivity contribution >= 4 is 0 Å². The molecule has 0 saturated heterocycles. The van der Waals surface area contributed by atoms with Gasteiger partial charge in [-0.1, -0.05) is 24.3 Å². The van der Waals surface area contributed by atoms with Gasteiger partial charge in [0.2, 0.25) is 0 Å². The van der Waals surface area contributed by atoms with Crippen molar-refractivity contribution in [1.29, 1.82) is 0 Å². The third kappa shape index (κ3) is 29.7. The number of rotatable bonds is 12. The van der Waals surface area contributed by atoms with E-state index in [1.54, 1.807) is 0 Å². The van der Waals surface area contributed by atoms with Crippen molar-refractivity contribution in [1.82, 2.24) is 9.80 Å². The van der Waals surface area contributed by atoms with E-state index in [9.17, 15) is 0 Å². The van der Waals surface area contributed by atoms with Crippen LogP contribution in [-0.2, 0) is 16.8 Å². The predicted molar refractivity (Wildman–Crippen MR) is 90.9 cm³/mol. The molecule has 1 radical (unpaired) electrons. The Morgan fingerprint density at radius 2 is 0.840 bits per heavy atom. The molecule has 0 aromatic carbocycles. The molecule has 0 heterocycles. The van der Waals surface area contributed by atoms with E-state index in [4.69, 9.17) is 20.4 Å². The Hall–Kier alpha value is 0.706. The first kappa shape index (κ1) is 36.6. The smallest absolute Gasteiger partial charge is 1.00 e. The Labute approximate surface area is 184 Å². The number of halogens is 2. The third-order valence-electron chi connectivity index (χ3n) is 2.65. The fourth-order valence-corrected chi connectivity index (χ4v) is 1.87. The first-order chi connectivity index (χ1) is 10.4. The fraction of sp³-hybridized carbons (Fsp3) is 0.750. The molecule has 155 valence electrons. The van der Waals surface area contributed by atoms with Gasteiger partial charge in [0.05, 0.1) is 26.4 Å². The monoisotopic (exact) mass is 535 g/mol. The first-order valence-corrected chi connectivity index (χ1v) is 7.58. The Balaban J connectivity index is -0.0000000952. The molecular weight excluding hydrogens is 503 g/mol. The third-order valence-corrected chi connectivity index (χ3v) is 2.65. The zero-order valence-electron chi connectivity index (χ0n) is 15.3. The summed E-state index contributed by atoms with van der Waals surface area (Å²) in [7, 11) is 0. The van der Waals surface area contributed by atoms with Crippen LogP contribution < -0.4 is 34.0 Å². The molecule has 0 aromatic rings. The Kier molecular flexibility index (Phi) is 39.4. The molecule has 0 aliphatic heterocycles. The van der Waals surface area contributed by atoms with Crippen molar-refractivity contribution in [3.8, 4) is 0 Å². The van der Waals surface area contributed by atoms with Gasteiger partial charge in [-0.3, -0.25) is 9.80 Å². The summed E-state index contributed by atoms with van der Waals surface area (Å²) in [5.74, 6) is 0. The molecule has 4 N–H and O–H groups in total. The molecule has 0 saturated carbocycles. The van der Waals surface area contributed by atoms with Crippen LogP contribution in [0.25, 0.3) is 0 Å². The number of hydrogen-bond acceptors (Lipinski definition) is 6. The summed E-state index contributed by atoms with van der Waals surface area (Å²) >= 11 is 0. The van der Waals surface area contributed by atoms with Crippen LogP contribution in [0.5, 0.6) is 0 Å². The SMILES string of the molecule is C=C(C)CN(CCO)CCO.C=C(C)CN(CCO)CCO.[Br-].[Br-].[Co+2]. The van der Waals surface area contributed by atoms with Crippen molar-refractivity contribution in [3.63, 3.8) is 0 Å². The van der Waals surface area contributed by atoms with E-state index < -0.39 is 0 Å². The minimum absolute atomic E-state index is 0. The Morgan fingerprint density at radius 3 is 0.960 bits per heavy atom. The topological polar surface area (TPSA) is 87.4 Å². The minimum atomic E-state index is 0. The average Bonchev–Trinajstić information content (AvgIpc) is 2.39. The zero-order chi connectivity index (χ0) is 17.4. The molecular formula is C16H34Br2CoN2O4. The molecule has 0 aliphatic rings. The van der Waals surface area contributed by atoms with Crippen LogP contribution in [0.2, 0.25) is 0 Å². The molecule has 0 atom stereocenters. The Bertz CT molecular complexity index is 261. The molecule has 0 rings (SSSR count). The number of aliphatic hydroxyl groups excluding tert-OH is 4. The molecule has 0 aliphatic carbocycles. The number of aliphatic hydroxyl groups is 4. The number of nitrogens with zero attached hydrogens (tertiary/aromatic N) is 2. The van der Waals surface area contributed by atoms with Gasteiger partial charge in [-0.2, -0.15) is 0 Å². The normalized spacial score (nSPS) is 9.28. The summed E-state index contributed by atoms with van der Waals surface area (Å²) < 4.78 is 0. The van der Waals surface area contributed by atoms with Crippen LogP contribution >= 0.6 is 0 Å². The largest absolute Gasteiger partial charge is 2.00 e. The zero-order valence-corrected chi connectivity index (χ0v) is 19.5. The van der Waals surface area contributed by atoms with Gasteiger partial charge in [-0.15, -0.1) is 0 Å². The van der Waals surface area contributed by atoms with Crippen molar-refractivity contribution in [3.05, 3.63) is 24.3 Å². The summed E-state index contributed by atoms with van der Waals surface area (Å²) in [6.07, 6.45) is 0. The van der Waals surface area contributed by atoms with Gasteiger partial charge in [0, 0.05) is 39.3 Å². The maximum atomic E-state index is 8.62. The van der Waals surface area contributed by atoms with Crippen molar-refractivity contribution in [2.24, 2.45) is 0 Å². The molecule has 0 spiro atoms. The van der Waals surface area contributed by atoms with Gasteiger partial charge in [-0.05, 0) is 13.8 Å². The van der Waals surface area contributed by atoms with Crippen LogP contribution in [0.15, 0.2) is 24.3 Å². The van der Waals surface area contributed by atoms with E-state index in [0.717, 1.165) is 24.2 Å². The van der Waals surface area contributed by atoms with Gasteiger partial charge >= 0.3 is 16.8 Å². The maximum Gasteiger partial charge on any atom is 2.00 e. The van der Waals surface area contributed by atoms with Gasteiger partial charge in [0.25, 0.3) is 0 Å². The van der Waals surface area contributed by atoms with Gasteiger partial charge in [-0.25, -0.2) is 0 Å². The van der Waals surface area contributed by atoms with Crippen molar-refractivity contribution in [2.75, 3.05) is 65.7 Å². The quantitative estimate of drug-likeness (QED) is 0.186. The van der Waals surface area contributed by atoms with Crippen molar-refractivity contribution in [2.45, 2.75) is 13.8 Å². The van der Waals surface area contributed by atoms with E-state index in [2.05, 4.69) is 13.2 Å². The van der Waals surface area contributed by atoms with E-state index in [1.807, 2.05) is 23.6 Å². The van der Waals surface area contributed by atoms with E-state index in [0.29, 0.717) is 26.2 Å². The second-order valence-electron chi connectivity index (χ2n) is 5.36. The van der Waals surface area contributed by atoms with E-state index >= 15 is 0 Å². The molecule has 25 heavy (non-hydrogen) atoms.